The Labute approximate surface area is 177 Å². The van der Waals surface area contributed by atoms with Crippen molar-refractivity contribution in [1.29, 1.82) is 0 Å². The number of hydrogen-bond acceptors (Lipinski definition) is 7. The van der Waals surface area contributed by atoms with Crippen molar-refractivity contribution in [3.8, 4) is 11.5 Å². The van der Waals surface area contributed by atoms with Gasteiger partial charge in [-0.1, -0.05) is 30.3 Å². The SMILES string of the molecule is C=C(C)COc1c(/C=C2\N=C(c3ccc(Cl)c([N+](=O)[O-])c3)OC2=O)cccc1OC. The van der Waals surface area contributed by atoms with Crippen LogP contribution < -0.4 is 9.47 Å². The highest BCUT2D eigenvalue weighted by atomic mass is 35.5. The van der Waals surface area contributed by atoms with Crippen LogP contribution in [0.25, 0.3) is 6.08 Å². The molecule has 2 aromatic carbocycles. The van der Waals surface area contributed by atoms with Gasteiger partial charge in [0.2, 0.25) is 5.90 Å². The third kappa shape index (κ3) is 4.49. The van der Waals surface area contributed by atoms with Gasteiger partial charge in [0.15, 0.2) is 17.2 Å². The molecule has 8 nitrogen and oxygen atoms in total. The summed E-state index contributed by atoms with van der Waals surface area (Å²) < 4.78 is 16.3. The van der Waals surface area contributed by atoms with Gasteiger partial charge in [0.1, 0.15) is 11.6 Å². The van der Waals surface area contributed by atoms with Gasteiger partial charge >= 0.3 is 5.97 Å². The van der Waals surface area contributed by atoms with Crippen LogP contribution in [0.3, 0.4) is 0 Å². The number of esters is 1. The highest BCUT2D eigenvalue weighted by molar-refractivity contribution is 6.32. The van der Waals surface area contributed by atoms with Gasteiger partial charge < -0.3 is 14.2 Å². The largest absolute Gasteiger partial charge is 0.493 e. The van der Waals surface area contributed by atoms with Crippen LogP contribution in [0.5, 0.6) is 11.5 Å². The minimum Gasteiger partial charge on any atom is -0.493 e. The molecule has 0 aromatic heterocycles. The molecule has 0 unspecified atom stereocenters. The van der Waals surface area contributed by atoms with E-state index in [2.05, 4.69) is 11.6 Å². The predicted octanol–water partition coefficient (Wildman–Crippen LogP) is 4.56. The van der Waals surface area contributed by atoms with Gasteiger partial charge in [-0.3, -0.25) is 10.1 Å². The van der Waals surface area contributed by atoms with Gasteiger partial charge in [0.25, 0.3) is 5.69 Å². The number of para-hydroxylation sites is 1. The summed E-state index contributed by atoms with van der Waals surface area (Å²) in [6.07, 6.45) is 1.50. The first-order valence-corrected chi connectivity index (χ1v) is 9.09. The van der Waals surface area contributed by atoms with Crippen LogP contribution in [0.15, 0.2) is 59.2 Å². The number of methoxy groups -OCH3 is 1. The maximum absolute atomic E-state index is 12.3. The summed E-state index contributed by atoms with van der Waals surface area (Å²) in [5, 5.41) is 11.1. The van der Waals surface area contributed by atoms with Gasteiger partial charge in [-0.15, -0.1) is 0 Å². The van der Waals surface area contributed by atoms with Gasteiger partial charge in [0.05, 0.1) is 12.0 Å². The summed E-state index contributed by atoms with van der Waals surface area (Å²) in [7, 11) is 1.51. The second kappa shape index (κ2) is 8.79. The third-order valence-electron chi connectivity index (χ3n) is 3.99. The van der Waals surface area contributed by atoms with E-state index < -0.39 is 10.9 Å². The maximum atomic E-state index is 12.3. The fraction of sp³-hybridized carbons (Fsp3) is 0.143. The Bertz CT molecular complexity index is 1110. The number of aliphatic imine (C=N–C) groups is 1. The first-order chi connectivity index (χ1) is 14.3. The van der Waals surface area contributed by atoms with Crippen LogP contribution in [-0.2, 0) is 9.53 Å². The van der Waals surface area contributed by atoms with E-state index in [4.69, 9.17) is 25.8 Å². The molecule has 0 saturated heterocycles. The molecule has 1 aliphatic rings. The van der Waals surface area contributed by atoms with Crippen molar-refractivity contribution in [3.05, 3.63) is 80.5 Å². The highest BCUT2D eigenvalue weighted by Crippen LogP contribution is 2.34. The third-order valence-corrected chi connectivity index (χ3v) is 4.31. The van der Waals surface area contributed by atoms with Crippen molar-refractivity contribution >= 4 is 35.2 Å². The molecule has 30 heavy (non-hydrogen) atoms. The number of benzene rings is 2. The average molecular weight is 429 g/mol. The highest BCUT2D eigenvalue weighted by Gasteiger charge is 2.27. The zero-order chi connectivity index (χ0) is 21.8. The Kier molecular flexibility index (Phi) is 6.17. The van der Waals surface area contributed by atoms with E-state index in [0.29, 0.717) is 17.1 Å². The van der Waals surface area contributed by atoms with E-state index in [-0.39, 0.29) is 34.5 Å². The van der Waals surface area contributed by atoms with Crippen molar-refractivity contribution in [2.45, 2.75) is 6.92 Å². The number of hydrogen-bond donors (Lipinski definition) is 0. The number of nitro benzene ring substituents is 1. The fourth-order valence-corrected chi connectivity index (χ4v) is 2.81. The van der Waals surface area contributed by atoms with Crippen molar-refractivity contribution in [2.24, 2.45) is 4.99 Å². The quantitative estimate of drug-likeness (QED) is 0.211. The molecule has 2 aromatic rings. The molecule has 0 saturated carbocycles. The number of nitrogens with zero attached hydrogens (tertiary/aromatic N) is 2. The lowest BCUT2D eigenvalue weighted by atomic mass is 10.1. The zero-order valence-corrected chi connectivity index (χ0v) is 16.9. The molecular weight excluding hydrogens is 412 g/mol. The smallest absolute Gasteiger partial charge is 0.363 e. The number of rotatable bonds is 7. The van der Waals surface area contributed by atoms with Crippen LogP contribution in [0.4, 0.5) is 5.69 Å². The minimum atomic E-state index is -0.698. The summed E-state index contributed by atoms with van der Waals surface area (Å²) in [6.45, 7) is 5.90. The number of ether oxygens (including phenoxy) is 3. The van der Waals surface area contributed by atoms with E-state index in [1.54, 1.807) is 18.2 Å². The summed E-state index contributed by atoms with van der Waals surface area (Å²) >= 11 is 5.83. The Hall–Kier alpha value is -3.65. The molecule has 0 fully saturated rings. The number of cyclic esters (lactones) is 1. The Morgan fingerprint density at radius 2 is 2.13 bits per heavy atom. The van der Waals surface area contributed by atoms with Crippen LogP contribution in [0, 0.1) is 10.1 Å². The molecular formula is C21H17ClN2O6. The molecule has 0 aliphatic carbocycles. The Balaban J connectivity index is 2.00. The van der Waals surface area contributed by atoms with Crippen LogP contribution >= 0.6 is 11.6 Å². The summed E-state index contributed by atoms with van der Waals surface area (Å²) in [5.41, 5.74) is 1.32. The molecule has 3 rings (SSSR count). The lowest BCUT2D eigenvalue weighted by Crippen LogP contribution is -2.06. The summed E-state index contributed by atoms with van der Waals surface area (Å²) in [5.74, 6) is 0.151. The predicted molar refractivity (Wildman–Crippen MR) is 112 cm³/mol. The van der Waals surface area contributed by atoms with Crippen molar-refractivity contribution in [2.75, 3.05) is 13.7 Å². The fourth-order valence-electron chi connectivity index (χ4n) is 2.62. The number of halogens is 1. The summed E-state index contributed by atoms with van der Waals surface area (Å²) in [4.78, 5) is 27.0. The van der Waals surface area contributed by atoms with Crippen molar-refractivity contribution in [3.63, 3.8) is 0 Å². The van der Waals surface area contributed by atoms with Gasteiger partial charge in [-0.2, -0.15) is 0 Å². The summed E-state index contributed by atoms with van der Waals surface area (Å²) in [6, 6.07) is 9.23. The second-order valence-corrected chi connectivity index (χ2v) is 6.79. The molecule has 0 atom stereocenters. The van der Waals surface area contributed by atoms with E-state index in [9.17, 15) is 14.9 Å². The normalized spacial score (nSPS) is 14.3. The van der Waals surface area contributed by atoms with Gasteiger partial charge in [-0.25, -0.2) is 9.79 Å². The lowest BCUT2D eigenvalue weighted by molar-refractivity contribution is -0.384. The average Bonchev–Trinajstić information content (AvgIpc) is 3.07. The molecule has 0 spiro atoms. The van der Waals surface area contributed by atoms with E-state index in [1.807, 2.05) is 6.92 Å². The van der Waals surface area contributed by atoms with E-state index in [1.165, 1.54) is 31.4 Å². The number of carbonyl (C=O) groups excluding carboxylic acids is 1. The molecule has 154 valence electrons. The molecule has 1 heterocycles. The first kappa shape index (κ1) is 21.1. The molecule has 9 heteroatoms. The molecule has 0 radical (unpaired) electrons. The van der Waals surface area contributed by atoms with Gasteiger partial charge in [0, 0.05) is 17.2 Å². The Morgan fingerprint density at radius 1 is 1.37 bits per heavy atom. The number of carbonyl (C=O) groups is 1. The Morgan fingerprint density at radius 3 is 2.80 bits per heavy atom. The monoisotopic (exact) mass is 428 g/mol. The van der Waals surface area contributed by atoms with Crippen molar-refractivity contribution < 1.29 is 23.9 Å². The molecule has 0 bridgehead atoms. The molecule has 0 N–H and O–H groups in total. The van der Waals surface area contributed by atoms with Crippen LogP contribution in [0.1, 0.15) is 18.1 Å². The van der Waals surface area contributed by atoms with E-state index >= 15 is 0 Å². The van der Waals surface area contributed by atoms with Crippen LogP contribution in [0.2, 0.25) is 5.02 Å². The maximum Gasteiger partial charge on any atom is 0.363 e. The number of nitro groups is 1. The van der Waals surface area contributed by atoms with Gasteiger partial charge in [-0.05, 0) is 36.8 Å². The molecule has 1 aliphatic heterocycles. The standard InChI is InChI=1S/C21H17ClN2O6/c1-12(2)11-29-19-13(5-4-6-18(19)28-3)9-16-21(25)30-20(23-16)14-7-8-15(22)17(10-14)24(26)27/h4-10H,1,11H2,2-3H3/b16-9-. The first-order valence-electron chi connectivity index (χ1n) is 8.71. The minimum absolute atomic E-state index is 0.0102. The lowest BCUT2D eigenvalue weighted by Gasteiger charge is -2.13. The van der Waals surface area contributed by atoms with Crippen LogP contribution in [-0.4, -0.2) is 30.5 Å². The van der Waals surface area contributed by atoms with E-state index in [0.717, 1.165) is 5.57 Å². The zero-order valence-electron chi connectivity index (χ0n) is 16.2. The van der Waals surface area contributed by atoms with Crippen molar-refractivity contribution in [1.82, 2.24) is 0 Å². The topological polar surface area (TPSA) is 100 Å². The second-order valence-electron chi connectivity index (χ2n) is 6.38. The molecule has 0 amide bonds.